The van der Waals surface area contributed by atoms with Gasteiger partial charge in [0.1, 0.15) is 5.69 Å². The standard InChI is InChI=1S/C11H13F3N2O2S/c1-7(19(3,18)16-8(2)17)9-4-5-10(15-6-9)11(12,13)14/h4-7H,1-3H3. The van der Waals surface area contributed by atoms with Crippen LogP contribution in [0.5, 0.6) is 0 Å². The Morgan fingerprint density at radius 2 is 2.00 bits per heavy atom. The van der Waals surface area contributed by atoms with Crippen molar-refractivity contribution in [1.29, 1.82) is 0 Å². The number of carbonyl (C=O) groups excluding carboxylic acids is 1. The fraction of sp³-hybridized carbons (Fsp3) is 0.455. The largest absolute Gasteiger partial charge is 0.433 e. The van der Waals surface area contributed by atoms with E-state index < -0.39 is 32.8 Å². The molecule has 2 atom stereocenters. The summed E-state index contributed by atoms with van der Waals surface area (Å²) < 4.78 is 52.7. The predicted octanol–water partition coefficient (Wildman–Crippen LogP) is 2.81. The first-order chi connectivity index (χ1) is 8.54. The van der Waals surface area contributed by atoms with Gasteiger partial charge in [0.05, 0.1) is 15.0 Å². The summed E-state index contributed by atoms with van der Waals surface area (Å²) in [6.07, 6.45) is -2.22. The van der Waals surface area contributed by atoms with E-state index in [2.05, 4.69) is 9.35 Å². The van der Waals surface area contributed by atoms with Crippen molar-refractivity contribution in [3.05, 3.63) is 29.6 Å². The summed E-state index contributed by atoms with van der Waals surface area (Å²) in [7, 11) is -2.86. The van der Waals surface area contributed by atoms with Crippen LogP contribution in [0.25, 0.3) is 0 Å². The molecule has 2 unspecified atom stereocenters. The van der Waals surface area contributed by atoms with Crippen molar-refractivity contribution in [3.8, 4) is 0 Å². The number of halogens is 3. The van der Waals surface area contributed by atoms with Crippen LogP contribution in [-0.2, 0) is 20.7 Å². The Morgan fingerprint density at radius 3 is 2.37 bits per heavy atom. The van der Waals surface area contributed by atoms with Crippen LogP contribution in [-0.4, -0.2) is 21.4 Å². The van der Waals surface area contributed by atoms with Gasteiger partial charge in [-0.15, -0.1) is 0 Å². The van der Waals surface area contributed by atoms with Gasteiger partial charge in [-0.3, -0.25) is 9.78 Å². The zero-order valence-corrected chi connectivity index (χ0v) is 11.4. The third kappa shape index (κ3) is 4.02. The summed E-state index contributed by atoms with van der Waals surface area (Å²) in [5.74, 6) is -0.584. The smallest absolute Gasteiger partial charge is 0.272 e. The van der Waals surface area contributed by atoms with Crippen LogP contribution < -0.4 is 0 Å². The number of aromatic nitrogens is 1. The van der Waals surface area contributed by atoms with Gasteiger partial charge in [0.15, 0.2) is 0 Å². The maximum atomic E-state index is 12.3. The van der Waals surface area contributed by atoms with E-state index in [1.165, 1.54) is 26.2 Å². The minimum Gasteiger partial charge on any atom is -0.272 e. The Morgan fingerprint density at radius 1 is 1.42 bits per heavy atom. The average Bonchev–Trinajstić information content (AvgIpc) is 2.25. The fourth-order valence-electron chi connectivity index (χ4n) is 1.40. The van der Waals surface area contributed by atoms with E-state index in [1.807, 2.05) is 0 Å². The van der Waals surface area contributed by atoms with Crippen molar-refractivity contribution in [1.82, 2.24) is 4.98 Å². The molecule has 0 fully saturated rings. The molecule has 0 aliphatic heterocycles. The molecular weight excluding hydrogens is 281 g/mol. The highest BCUT2D eigenvalue weighted by Gasteiger charge is 2.32. The topological polar surface area (TPSA) is 59.4 Å². The maximum absolute atomic E-state index is 12.3. The molecule has 1 amide bonds. The van der Waals surface area contributed by atoms with Crippen LogP contribution in [0.15, 0.2) is 22.7 Å². The van der Waals surface area contributed by atoms with Gasteiger partial charge in [-0.05, 0) is 18.6 Å². The van der Waals surface area contributed by atoms with Gasteiger partial charge in [0, 0.05) is 19.4 Å². The van der Waals surface area contributed by atoms with E-state index in [9.17, 15) is 22.2 Å². The molecule has 0 saturated carbocycles. The Bertz CT molecular complexity index is 587. The third-order valence-corrected chi connectivity index (χ3v) is 4.72. The van der Waals surface area contributed by atoms with Gasteiger partial charge in [-0.25, -0.2) is 4.21 Å². The highest BCUT2D eigenvalue weighted by Crippen LogP contribution is 2.29. The van der Waals surface area contributed by atoms with Crippen molar-refractivity contribution < 1.29 is 22.2 Å². The minimum atomic E-state index is -4.51. The number of carbonyl (C=O) groups is 1. The number of nitrogens with zero attached hydrogens (tertiary/aromatic N) is 2. The van der Waals surface area contributed by atoms with Gasteiger partial charge >= 0.3 is 6.18 Å². The number of amides is 1. The van der Waals surface area contributed by atoms with E-state index in [0.29, 0.717) is 5.56 Å². The summed E-state index contributed by atoms with van der Waals surface area (Å²) in [6, 6.07) is 2.01. The lowest BCUT2D eigenvalue weighted by Crippen LogP contribution is -2.12. The van der Waals surface area contributed by atoms with E-state index >= 15 is 0 Å². The zero-order valence-electron chi connectivity index (χ0n) is 10.6. The summed E-state index contributed by atoms with van der Waals surface area (Å²) in [6.45, 7) is 2.69. The van der Waals surface area contributed by atoms with Crippen LogP contribution in [0.2, 0.25) is 0 Å². The first-order valence-corrected chi connectivity index (χ1v) is 7.27. The normalized spacial score (nSPS) is 16.5. The van der Waals surface area contributed by atoms with Gasteiger partial charge in [0.25, 0.3) is 5.91 Å². The van der Waals surface area contributed by atoms with Gasteiger partial charge in [-0.2, -0.15) is 17.5 Å². The van der Waals surface area contributed by atoms with Crippen molar-refractivity contribution >= 4 is 15.6 Å². The molecule has 1 rings (SSSR count). The van der Waals surface area contributed by atoms with Crippen molar-refractivity contribution in [2.24, 2.45) is 4.36 Å². The van der Waals surface area contributed by atoms with Crippen molar-refractivity contribution in [2.45, 2.75) is 25.3 Å². The van der Waals surface area contributed by atoms with Crippen molar-refractivity contribution in [2.75, 3.05) is 6.26 Å². The molecule has 0 radical (unpaired) electrons. The third-order valence-electron chi connectivity index (χ3n) is 2.51. The Balaban J connectivity index is 3.13. The van der Waals surface area contributed by atoms with Crippen LogP contribution in [0, 0.1) is 0 Å². The molecule has 0 aromatic carbocycles. The molecule has 1 aromatic heterocycles. The predicted molar refractivity (Wildman–Crippen MR) is 64.8 cm³/mol. The zero-order chi connectivity index (χ0) is 14.8. The monoisotopic (exact) mass is 294 g/mol. The highest BCUT2D eigenvalue weighted by molar-refractivity contribution is 7.93. The van der Waals surface area contributed by atoms with E-state index in [0.717, 1.165) is 12.3 Å². The molecule has 106 valence electrons. The second kappa shape index (κ2) is 5.28. The number of hydrogen-bond donors (Lipinski definition) is 0. The lowest BCUT2D eigenvalue weighted by atomic mass is 10.2. The molecule has 0 bridgehead atoms. The summed E-state index contributed by atoms with van der Waals surface area (Å²) in [5.41, 5.74) is -0.681. The Kier molecular flexibility index (Phi) is 4.34. The molecule has 0 saturated heterocycles. The summed E-state index contributed by atoms with van der Waals surface area (Å²) >= 11 is 0. The van der Waals surface area contributed by atoms with Crippen LogP contribution >= 0.6 is 0 Å². The maximum Gasteiger partial charge on any atom is 0.433 e. The first kappa shape index (κ1) is 15.6. The molecule has 0 spiro atoms. The molecule has 1 heterocycles. The summed E-state index contributed by atoms with van der Waals surface area (Å²) in [5, 5.41) is -0.689. The quantitative estimate of drug-likeness (QED) is 0.842. The average molecular weight is 294 g/mol. The second-order valence-electron chi connectivity index (χ2n) is 4.09. The van der Waals surface area contributed by atoms with Gasteiger partial charge in [-0.1, -0.05) is 6.07 Å². The minimum absolute atomic E-state index is 0.338. The van der Waals surface area contributed by atoms with E-state index in [4.69, 9.17) is 0 Å². The SMILES string of the molecule is CC(=O)N=S(C)(=O)C(C)c1ccc(C(F)(F)F)nc1. The fourth-order valence-corrected chi connectivity index (χ4v) is 2.71. The van der Waals surface area contributed by atoms with Crippen LogP contribution in [0.4, 0.5) is 13.2 Å². The number of pyridine rings is 1. The Hall–Kier alpha value is -1.44. The molecule has 0 aliphatic carbocycles. The van der Waals surface area contributed by atoms with E-state index in [1.54, 1.807) is 0 Å². The number of hydrogen-bond acceptors (Lipinski definition) is 3. The lowest BCUT2D eigenvalue weighted by molar-refractivity contribution is -0.141. The van der Waals surface area contributed by atoms with E-state index in [-0.39, 0.29) is 0 Å². The summed E-state index contributed by atoms with van der Waals surface area (Å²) in [4.78, 5) is 14.2. The van der Waals surface area contributed by atoms with Crippen LogP contribution in [0.1, 0.15) is 30.4 Å². The molecule has 0 N–H and O–H groups in total. The number of rotatable bonds is 2. The van der Waals surface area contributed by atoms with Crippen LogP contribution in [0.3, 0.4) is 0 Å². The lowest BCUT2D eigenvalue weighted by Gasteiger charge is -2.14. The molecule has 4 nitrogen and oxygen atoms in total. The molecule has 19 heavy (non-hydrogen) atoms. The second-order valence-corrected chi connectivity index (χ2v) is 6.70. The van der Waals surface area contributed by atoms with Gasteiger partial charge in [0.2, 0.25) is 0 Å². The molecule has 8 heteroatoms. The van der Waals surface area contributed by atoms with Gasteiger partial charge < -0.3 is 0 Å². The first-order valence-electron chi connectivity index (χ1n) is 5.29. The molecule has 0 aliphatic rings. The Labute approximate surface area is 109 Å². The molecule has 1 aromatic rings. The molecular formula is C11H13F3N2O2S. The van der Waals surface area contributed by atoms with Crippen molar-refractivity contribution in [3.63, 3.8) is 0 Å². The highest BCUT2D eigenvalue weighted by atomic mass is 32.2. The number of alkyl halides is 3.